The molecule has 3 rings (SSSR count). The Kier molecular flexibility index (Phi) is 3.71. The molecule has 0 unspecified atom stereocenters. The van der Waals surface area contributed by atoms with Crippen LogP contribution in [0.5, 0.6) is 5.75 Å². The zero-order valence-corrected chi connectivity index (χ0v) is 11.6. The van der Waals surface area contributed by atoms with Crippen LogP contribution in [0.15, 0.2) is 36.7 Å². The van der Waals surface area contributed by atoms with E-state index < -0.39 is 0 Å². The number of fused-ring (bicyclic) bond motifs is 1. The second-order valence-corrected chi connectivity index (χ2v) is 4.95. The average Bonchev–Trinajstić information content (AvgIpc) is 2.94. The first-order chi connectivity index (χ1) is 9.83. The van der Waals surface area contributed by atoms with Crippen LogP contribution in [0.1, 0.15) is 17.4 Å². The number of ether oxygens (including phenoxy) is 1. The van der Waals surface area contributed by atoms with E-state index in [4.69, 9.17) is 4.74 Å². The summed E-state index contributed by atoms with van der Waals surface area (Å²) in [7, 11) is 1.70. The molecule has 2 heterocycles. The Balaban J connectivity index is 1.97. The molecule has 5 nitrogen and oxygen atoms in total. The van der Waals surface area contributed by atoms with Gasteiger partial charge in [-0.05, 0) is 6.07 Å². The van der Waals surface area contributed by atoms with Crippen LogP contribution in [0.3, 0.4) is 0 Å². The number of aliphatic hydroxyl groups excluding tert-OH is 1. The van der Waals surface area contributed by atoms with Crippen LogP contribution >= 0.6 is 0 Å². The fourth-order valence-corrected chi connectivity index (χ4v) is 2.85. The highest BCUT2D eigenvalue weighted by molar-refractivity contribution is 5.36. The van der Waals surface area contributed by atoms with Crippen molar-refractivity contribution >= 4 is 0 Å². The van der Waals surface area contributed by atoms with Crippen molar-refractivity contribution in [3.63, 3.8) is 0 Å². The maximum atomic E-state index is 9.31. The van der Waals surface area contributed by atoms with E-state index in [9.17, 15) is 5.11 Å². The number of β-amino-alcohol motifs (C(OH)–C–C–N with tert-alkyl or cyclic N) is 1. The van der Waals surface area contributed by atoms with Gasteiger partial charge in [0, 0.05) is 31.0 Å². The first kappa shape index (κ1) is 13.1. The van der Waals surface area contributed by atoms with E-state index in [1.165, 1.54) is 0 Å². The Hall–Kier alpha value is -1.85. The first-order valence-corrected chi connectivity index (χ1v) is 6.81. The van der Waals surface area contributed by atoms with Crippen LogP contribution in [-0.4, -0.2) is 39.8 Å². The van der Waals surface area contributed by atoms with E-state index in [1.54, 1.807) is 7.11 Å². The molecule has 5 heteroatoms. The van der Waals surface area contributed by atoms with Gasteiger partial charge in [0.25, 0.3) is 0 Å². The van der Waals surface area contributed by atoms with Crippen molar-refractivity contribution in [2.75, 3.05) is 20.3 Å². The highest BCUT2D eigenvalue weighted by atomic mass is 16.5. The van der Waals surface area contributed by atoms with Gasteiger partial charge in [-0.15, -0.1) is 0 Å². The Morgan fingerprint density at radius 2 is 2.25 bits per heavy atom. The summed E-state index contributed by atoms with van der Waals surface area (Å²) in [6.07, 6.45) is 3.84. The zero-order chi connectivity index (χ0) is 13.9. The zero-order valence-electron chi connectivity index (χ0n) is 11.6. The molecule has 0 bridgehead atoms. The molecule has 2 aromatic rings. The normalized spacial score (nSPS) is 18.8. The van der Waals surface area contributed by atoms with Gasteiger partial charge in [-0.2, -0.15) is 0 Å². The number of hydrogen-bond acceptors (Lipinski definition) is 4. The molecule has 1 atom stereocenters. The molecule has 0 saturated carbocycles. The molecule has 0 spiro atoms. The monoisotopic (exact) mass is 273 g/mol. The molecular weight excluding hydrogens is 254 g/mol. The number of aliphatic hydroxyl groups is 1. The third-order valence-corrected chi connectivity index (χ3v) is 3.84. The molecule has 0 aliphatic carbocycles. The third-order valence-electron chi connectivity index (χ3n) is 3.84. The number of para-hydroxylation sites is 1. The minimum atomic E-state index is 0.145. The third kappa shape index (κ3) is 2.30. The molecule has 1 aliphatic rings. The SMILES string of the molecule is COc1ccccc1[C@H]1Cn2ccnc2CN1CCO. The molecule has 0 amide bonds. The Morgan fingerprint density at radius 1 is 1.40 bits per heavy atom. The first-order valence-electron chi connectivity index (χ1n) is 6.81. The molecule has 106 valence electrons. The van der Waals surface area contributed by atoms with Crippen LogP contribution in [0, 0.1) is 0 Å². The van der Waals surface area contributed by atoms with Gasteiger partial charge >= 0.3 is 0 Å². The molecule has 1 aromatic heterocycles. The Bertz CT molecular complexity index is 582. The Morgan fingerprint density at radius 3 is 3.05 bits per heavy atom. The molecule has 0 fully saturated rings. The van der Waals surface area contributed by atoms with Gasteiger partial charge in [0.2, 0.25) is 0 Å². The molecule has 1 aliphatic heterocycles. The van der Waals surface area contributed by atoms with Crippen molar-refractivity contribution in [3.05, 3.63) is 48.0 Å². The number of benzene rings is 1. The quantitative estimate of drug-likeness (QED) is 0.916. The number of rotatable bonds is 4. The second-order valence-electron chi connectivity index (χ2n) is 4.95. The molecule has 1 aromatic carbocycles. The van der Waals surface area contributed by atoms with E-state index in [2.05, 4.69) is 20.5 Å². The lowest BCUT2D eigenvalue weighted by Crippen LogP contribution is -2.38. The summed E-state index contributed by atoms with van der Waals surface area (Å²) in [5, 5.41) is 9.31. The smallest absolute Gasteiger partial charge is 0.123 e. The number of hydrogen-bond donors (Lipinski definition) is 1. The van der Waals surface area contributed by atoms with E-state index in [0.717, 1.165) is 30.2 Å². The molecule has 20 heavy (non-hydrogen) atoms. The topological polar surface area (TPSA) is 50.5 Å². The van der Waals surface area contributed by atoms with Gasteiger partial charge in [-0.3, -0.25) is 4.90 Å². The van der Waals surface area contributed by atoms with Gasteiger partial charge in [-0.25, -0.2) is 4.98 Å². The summed E-state index contributed by atoms with van der Waals surface area (Å²) < 4.78 is 7.65. The van der Waals surface area contributed by atoms with Gasteiger partial charge < -0.3 is 14.4 Å². The van der Waals surface area contributed by atoms with Crippen LogP contribution < -0.4 is 4.74 Å². The maximum absolute atomic E-state index is 9.31. The summed E-state index contributed by atoms with van der Waals surface area (Å²) in [4.78, 5) is 6.62. The van der Waals surface area contributed by atoms with Crippen LogP contribution in [0.25, 0.3) is 0 Å². The Labute approximate surface area is 118 Å². The van der Waals surface area contributed by atoms with Crippen molar-refractivity contribution in [1.82, 2.24) is 14.5 Å². The van der Waals surface area contributed by atoms with Crippen molar-refractivity contribution in [2.45, 2.75) is 19.1 Å². The number of methoxy groups -OCH3 is 1. The van der Waals surface area contributed by atoms with E-state index >= 15 is 0 Å². The van der Waals surface area contributed by atoms with Gasteiger partial charge in [0.15, 0.2) is 0 Å². The predicted molar refractivity (Wildman–Crippen MR) is 75.5 cm³/mol. The fourth-order valence-electron chi connectivity index (χ4n) is 2.85. The van der Waals surface area contributed by atoms with Gasteiger partial charge in [-0.1, -0.05) is 18.2 Å². The molecule has 1 N–H and O–H groups in total. The summed E-state index contributed by atoms with van der Waals surface area (Å²) in [6.45, 7) is 2.36. The van der Waals surface area contributed by atoms with E-state index in [1.807, 2.05) is 30.6 Å². The largest absolute Gasteiger partial charge is 0.496 e. The number of nitrogens with zero attached hydrogens (tertiary/aromatic N) is 3. The summed E-state index contributed by atoms with van der Waals surface area (Å²) in [5.74, 6) is 1.94. The van der Waals surface area contributed by atoms with Gasteiger partial charge in [0.05, 0.1) is 26.3 Å². The van der Waals surface area contributed by atoms with E-state index in [0.29, 0.717) is 6.54 Å². The fraction of sp³-hybridized carbons (Fsp3) is 0.400. The van der Waals surface area contributed by atoms with Crippen LogP contribution in [0.4, 0.5) is 0 Å². The average molecular weight is 273 g/mol. The summed E-state index contributed by atoms with van der Waals surface area (Å²) in [5.41, 5.74) is 1.16. The highest BCUT2D eigenvalue weighted by Crippen LogP contribution is 2.34. The van der Waals surface area contributed by atoms with Gasteiger partial charge in [0.1, 0.15) is 11.6 Å². The van der Waals surface area contributed by atoms with Crippen molar-refractivity contribution in [1.29, 1.82) is 0 Å². The van der Waals surface area contributed by atoms with Crippen LogP contribution in [0.2, 0.25) is 0 Å². The van der Waals surface area contributed by atoms with E-state index in [-0.39, 0.29) is 12.6 Å². The predicted octanol–water partition coefficient (Wildman–Crippen LogP) is 1.44. The summed E-state index contributed by atoms with van der Waals surface area (Å²) in [6, 6.07) is 8.27. The molecule has 0 saturated heterocycles. The highest BCUT2D eigenvalue weighted by Gasteiger charge is 2.29. The number of aromatic nitrogens is 2. The van der Waals surface area contributed by atoms with Crippen molar-refractivity contribution in [2.24, 2.45) is 0 Å². The van der Waals surface area contributed by atoms with Crippen LogP contribution in [-0.2, 0) is 13.1 Å². The lowest BCUT2D eigenvalue weighted by molar-refractivity contribution is 0.105. The number of imidazole rings is 1. The lowest BCUT2D eigenvalue weighted by atomic mass is 10.0. The minimum Gasteiger partial charge on any atom is -0.496 e. The standard InChI is InChI=1S/C15H19N3O2/c1-20-14-5-3-2-4-12(14)13-10-18-7-6-16-15(18)11-17(13)8-9-19/h2-7,13,19H,8-11H2,1H3/t13-/m1/s1. The second kappa shape index (κ2) is 5.64. The molecular formula is C15H19N3O2. The lowest BCUT2D eigenvalue weighted by Gasteiger charge is -2.36. The molecule has 0 radical (unpaired) electrons. The van der Waals surface area contributed by atoms with Crippen molar-refractivity contribution in [3.8, 4) is 5.75 Å². The summed E-state index contributed by atoms with van der Waals surface area (Å²) >= 11 is 0. The maximum Gasteiger partial charge on any atom is 0.123 e. The minimum absolute atomic E-state index is 0.145. The van der Waals surface area contributed by atoms with Crippen molar-refractivity contribution < 1.29 is 9.84 Å².